The second-order valence-corrected chi connectivity index (χ2v) is 8.91. The summed E-state index contributed by atoms with van der Waals surface area (Å²) in [5.74, 6) is 1.11. The van der Waals surface area contributed by atoms with E-state index in [4.69, 9.17) is 4.42 Å². The predicted octanol–water partition coefficient (Wildman–Crippen LogP) is 8.39. The molecule has 0 saturated carbocycles. The standard InChI is InChI=1S/C28H23BrO/c1-18-7-3-4-8-22(18)25-17-21(29)12-13-23(25)19(2)15-20-11-14-28-26(16-20)24-9-5-6-10-27(24)30-28/h3-5,7-9,11-14,16-17H,2,6,10,15H2,1H3. The number of fused-ring (bicyclic) bond motifs is 3. The Balaban J connectivity index is 1.52. The lowest BCUT2D eigenvalue weighted by molar-refractivity contribution is 0.546. The minimum Gasteiger partial charge on any atom is -0.460 e. The van der Waals surface area contributed by atoms with E-state index in [2.05, 4.69) is 102 Å². The number of halogens is 1. The highest BCUT2D eigenvalue weighted by Crippen LogP contribution is 2.36. The maximum Gasteiger partial charge on any atom is 0.134 e. The molecule has 1 aromatic heterocycles. The highest BCUT2D eigenvalue weighted by Gasteiger charge is 2.16. The average molecular weight is 455 g/mol. The Morgan fingerprint density at radius 2 is 1.90 bits per heavy atom. The molecule has 0 fully saturated rings. The van der Waals surface area contributed by atoms with E-state index in [0.29, 0.717) is 0 Å². The number of hydrogen-bond donors (Lipinski definition) is 0. The van der Waals surface area contributed by atoms with Gasteiger partial charge in [-0.2, -0.15) is 0 Å². The zero-order chi connectivity index (χ0) is 20.7. The Morgan fingerprint density at radius 1 is 1.03 bits per heavy atom. The normalized spacial score (nSPS) is 12.9. The molecule has 0 N–H and O–H groups in total. The molecule has 0 atom stereocenters. The maximum absolute atomic E-state index is 6.06. The van der Waals surface area contributed by atoms with Crippen LogP contribution in [0.1, 0.15) is 34.4 Å². The number of aryl methyl sites for hydroxylation is 2. The van der Waals surface area contributed by atoms with Crippen LogP contribution in [0.4, 0.5) is 0 Å². The van der Waals surface area contributed by atoms with Crippen LogP contribution in [0.5, 0.6) is 0 Å². The van der Waals surface area contributed by atoms with E-state index < -0.39 is 0 Å². The molecule has 30 heavy (non-hydrogen) atoms. The monoisotopic (exact) mass is 454 g/mol. The van der Waals surface area contributed by atoms with Crippen LogP contribution < -0.4 is 0 Å². The molecule has 3 aromatic carbocycles. The third kappa shape index (κ3) is 3.46. The number of benzene rings is 3. The van der Waals surface area contributed by atoms with Crippen molar-refractivity contribution in [2.75, 3.05) is 0 Å². The minimum atomic E-state index is 0.806. The molecule has 1 aliphatic carbocycles. The zero-order valence-corrected chi connectivity index (χ0v) is 18.6. The smallest absolute Gasteiger partial charge is 0.134 e. The highest BCUT2D eigenvalue weighted by molar-refractivity contribution is 9.10. The third-order valence-electron chi connectivity index (χ3n) is 5.91. The lowest BCUT2D eigenvalue weighted by Gasteiger charge is -2.15. The van der Waals surface area contributed by atoms with Gasteiger partial charge < -0.3 is 4.42 Å². The van der Waals surface area contributed by atoms with E-state index in [1.807, 2.05) is 0 Å². The summed E-state index contributed by atoms with van der Waals surface area (Å²) in [4.78, 5) is 0. The van der Waals surface area contributed by atoms with Crippen LogP contribution >= 0.6 is 15.9 Å². The van der Waals surface area contributed by atoms with Gasteiger partial charge in [-0.25, -0.2) is 0 Å². The first-order valence-corrected chi connectivity index (χ1v) is 11.1. The van der Waals surface area contributed by atoms with Crippen molar-refractivity contribution in [3.63, 3.8) is 0 Å². The fraction of sp³-hybridized carbons (Fsp3) is 0.143. The van der Waals surface area contributed by atoms with Crippen molar-refractivity contribution in [1.29, 1.82) is 0 Å². The topological polar surface area (TPSA) is 13.1 Å². The summed E-state index contributed by atoms with van der Waals surface area (Å²) < 4.78 is 7.14. The summed E-state index contributed by atoms with van der Waals surface area (Å²) in [7, 11) is 0. The molecule has 2 heteroatoms. The van der Waals surface area contributed by atoms with Crippen molar-refractivity contribution in [2.45, 2.75) is 26.2 Å². The number of allylic oxidation sites excluding steroid dienone is 2. The van der Waals surface area contributed by atoms with Gasteiger partial charge in [0.05, 0.1) is 0 Å². The summed E-state index contributed by atoms with van der Waals surface area (Å²) in [6, 6.07) is 21.5. The molecule has 0 radical (unpaired) electrons. The van der Waals surface area contributed by atoms with Crippen LogP contribution in [0.25, 0.3) is 33.7 Å². The van der Waals surface area contributed by atoms with Crippen LogP contribution in [0, 0.1) is 6.92 Å². The van der Waals surface area contributed by atoms with Gasteiger partial charge in [0, 0.05) is 21.8 Å². The van der Waals surface area contributed by atoms with Gasteiger partial charge in [-0.1, -0.05) is 71.1 Å². The lowest BCUT2D eigenvalue weighted by atomic mass is 9.90. The molecule has 0 spiro atoms. The van der Waals surface area contributed by atoms with Crippen molar-refractivity contribution in [2.24, 2.45) is 0 Å². The first kappa shape index (κ1) is 19.1. The molecule has 0 saturated heterocycles. The molecule has 5 rings (SSSR count). The van der Waals surface area contributed by atoms with E-state index in [1.54, 1.807) is 0 Å². The molecule has 1 nitrogen and oxygen atoms in total. The molecule has 1 aliphatic rings. The molecule has 4 aromatic rings. The van der Waals surface area contributed by atoms with Crippen LogP contribution in [-0.4, -0.2) is 0 Å². The average Bonchev–Trinajstić information content (AvgIpc) is 3.12. The molecular weight excluding hydrogens is 432 g/mol. The number of hydrogen-bond acceptors (Lipinski definition) is 1. The van der Waals surface area contributed by atoms with E-state index >= 15 is 0 Å². The van der Waals surface area contributed by atoms with E-state index in [9.17, 15) is 0 Å². The molecular formula is C28H23BrO. The van der Waals surface area contributed by atoms with Gasteiger partial charge in [0.25, 0.3) is 0 Å². The Bertz CT molecular complexity index is 1310. The Morgan fingerprint density at radius 3 is 2.77 bits per heavy atom. The molecule has 0 bridgehead atoms. The summed E-state index contributed by atoms with van der Waals surface area (Å²) in [5.41, 5.74) is 9.53. The van der Waals surface area contributed by atoms with E-state index in [-0.39, 0.29) is 0 Å². The van der Waals surface area contributed by atoms with Gasteiger partial charge in [-0.05, 0) is 77.4 Å². The summed E-state index contributed by atoms with van der Waals surface area (Å²) in [6.07, 6.45) is 7.29. The lowest BCUT2D eigenvalue weighted by Crippen LogP contribution is -1.95. The Labute approximate surface area is 185 Å². The van der Waals surface area contributed by atoms with E-state index in [1.165, 1.54) is 38.8 Å². The zero-order valence-electron chi connectivity index (χ0n) is 17.0. The van der Waals surface area contributed by atoms with Crippen LogP contribution in [-0.2, 0) is 12.8 Å². The van der Waals surface area contributed by atoms with Crippen molar-refractivity contribution in [3.05, 3.63) is 106 Å². The fourth-order valence-corrected chi connectivity index (χ4v) is 4.73. The van der Waals surface area contributed by atoms with Crippen LogP contribution in [0.2, 0.25) is 0 Å². The Hall–Kier alpha value is -2.84. The maximum atomic E-state index is 6.06. The second-order valence-electron chi connectivity index (χ2n) is 8.00. The van der Waals surface area contributed by atoms with Crippen molar-refractivity contribution < 1.29 is 4.42 Å². The minimum absolute atomic E-state index is 0.806. The molecule has 1 heterocycles. The van der Waals surface area contributed by atoms with Gasteiger partial charge in [-0.15, -0.1) is 0 Å². The molecule has 0 aliphatic heterocycles. The molecule has 0 amide bonds. The van der Waals surface area contributed by atoms with Gasteiger partial charge >= 0.3 is 0 Å². The van der Waals surface area contributed by atoms with E-state index in [0.717, 1.165) is 40.7 Å². The SMILES string of the molecule is C=C(Cc1ccc2oc3c(c2c1)C=CCC3)c1ccc(Br)cc1-c1ccccc1C. The molecule has 0 unspecified atom stereocenters. The van der Waals surface area contributed by atoms with Crippen molar-refractivity contribution in [1.82, 2.24) is 0 Å². The fourth-order valence-electron chi connectivity index (χ4n) is 4.37. The summed E-state index contributed by atoms with van der Waals surface area (Å²) in [6.45, 7) is 6.63. The summed E-state index contributed by atoms with van der Waals surface area (Å²) in [5, 5.41) is 1.21. The number of furan rings is 1. The number of rotatable bonds is 4. The second kappa shape index (κ2) is 7.77. The van der Waals surface area contributed by atoms with Crippen molar-refractivity contribution >= 4 is 38.5 Å². The Kier molecular flexibility index (Phi) is 4.96. The van der Waals surface area contributed by atoms with Gasteiger partial charge in [0.15, 0.2) is 0 Å². The first-order chi connectivity index (χ1) is 14.6. The van der Waals surface area contributed by atoms with Gasteiger partial charge in [0.2, 0.25) is 0 Å². The van der Waals surface area contributed by atoms with Gasteiger partial charge in [0.1, 0.15) is 11.3 Å². The highest BCUT2D eigenvalue weighted by atomic mass is 79.9. The first-order valence-electron chi connectivity index (χ1n) is 10.3. The van der Waals surface area contributed by atoms with Crippen LogP contribution in [0.15, 0.2) is 82.2 Å². The largest absolute Gasteiger partial charge is 0.460 e. The van der Waals surface area contributed by atoms with Crippen molar-refractivity contribution in [3.8, 4) is 11.1 Å². The third-order valence-corrected chi connectivity index (χ3v) is 6.40. The summed E-state index contributed by atoms with van der Waals surface area (Å²) >= 11 is 3.65. The predicted molar refractivity (Wildman–Crippen MR) is 131 cm³/mol. The van der Waals surface area contributed by atoms with Crippen LogP contribution in [0.3, 0.4) is 0 Å². The molecule has 148 valence electrons. The quantitative estimate of drug-likeness (QED) is 0.301. The van der Waals surface area contributed by atoms with Gasteiger partial charge in [-0.3, -0.25) is 0 Å².